The van der Waals surface area contributed by atoms with Crippen molar-refractivity contribution in [3.05, 3.63) is 35.8 Å². The van der Waals surface area contributed by atoms with Gasteiger partial charge in [-0.3, -0.25) is 0 Å². The molecule has 102 valence electrons. The van der Waals surface area contributed by atoms with Gasteiger partial charge in [0.25, 0.3) is 0 Å². The fraction of sp³-hybridized carbons (Fsp3) is 0.500. The number of aryl methyl sites for hydroxylation is 1. The molecular formula is C16H21FN2. The van der Waals surface area contributed by atoms with Gasteiger partial charge in [-0.15, -0.1) is 0 Å². The average molecular weight is 260 g/mol. The van der Waals surface area contributed by atoms with Crippen molar-refractivity contribution in [2.45, 2.75) is 38.8 Å². The van der Waals surface area contributed by atoms with Gasteiger partial charge < -0.3 is 9.47 Å². The number of halogens is 1. The fourth-order valence-electron chi connectivity index (χ4n) is 3.26. The van der Waals surface area contributed by atoms with Crippen molar-refractivity contribution in [2.24, 2.45) is 0 Å². The molecule has 1 atom stereocenters. The first-order chi connectivity index (χ1) is 9.19. The lowest BCUT2D eigenvalue weighted by Crippen LogP contribution is -2.26. The van der Waals surface area contributed by atoms with Crippen LogP contribution in [0.1, 0.15) is 25.3 Å². The van der Waals surface area contributed by atoms with Crippen molar-refractivity contribution in [3.8, 4) is 0 Å². The molecule has 1 aromatic carbocycles. The zero-order valence-electron chi connectivity index (χ0n) is 11.7. The second-order valence-corrected chi connectivity index (χ2v) is 5.58. The van der Waals surface area contributed by atoms with Crippen LogP contribution in [-0.4, -0.2) is 29.1 Å². The third-order valence-electron chi connectivity index (χ3n) is 4.39. The van der Waals surface area contributed by atoms with Crippen LogP contribution in [0.25, 0.3) is 10.9 Å². The molecule has 0 radical (unpaired) electrons. The van der Waals surface area contributed by atoms with Crippen LogP contribution in [0, 0.1) is 5.82 Å². The number of likely N-dealkylation sites (N-methyl/N-ethyl adjacent to an activating group) is 1. The Morgan fingerprint density at radius 1 is 1.37 bits per heavy atom. The van der Waals surface area contributed by atoms with Gasteiger partial charge in [0.2, 0.25) is 0 Å². The van der Waals surface area contributed by atoms with E-state index >= 15 is 0 Å². The maximum atomic E-state index is 13.4. The van der Waals surface area contributed by atoms with Crippen LogP contribution >= 0.6 is 0 Å². The number of nitrogens with zero attached hydrogens (tertiary/aromatic N) is 2. The highest BCUT2D eigenvalue weighted by molar-refractivity contribution is 5.84. The Balaban J connectivity index is 1.99. The first-order valence-electron chi connectivity index (χ1n) is 7.16. The summed E-state index contributed by atoms with van der Waals surface area (Å²) in [5.74, 6) is -0.148. The second-order valence-electron chi connectivity index (χ2n) is 5.58. The zero-order valence-corrected chi connectivity index (χ0v) is 11.7. The molecule has 0 bridgehead atoms. The summed E-state index contributed by atoms with van der Waals surface area (Å²) in [6.07, 6.45) is 5.85. The van der Waals surface area contributed by atoms with E-state index < -0.39 is 0 Å². The quantitative estimate of drug-likeness (QED) is 0.820. The van der Waals surface area contributed by atoms with E-state index in [1.807, 2.05) is 6.07 Å². The molecule has 2 aromatic rings. The lowest BCUT2D eigenvalue weighted by Gasteiger charge is -2.18. The second kappa shape index (κ2) is 4.97. The molecule has 1 fully saturated rings. The molecule has 0 amide bonds. The molecule has 1 saturated heterocycles. The number of hydrogen-bond donors (Lipinski definition) is 0. The Morgan fingerprint density at radius 2 is 2.21 bits per heavy atom. The third kappa shape index (κ3) is 2.27. The van der Waals surface area contributed by atoms with E-state index in [2.05, 4.69) is 29.6 Å². The molecule has 1 unspecified atom stereocenters. The van der Waals surface area contributed by atoms with E-state index in [-0.39, 0.29) is 5.82 Å². The highest BCUT2D eigenvalue weighted by Gasteiger charge is 2.22. The van der Waals surface area contributed by atoms with Crippen LogP contribution < -0.4 is 0 Å². The van der Waals surface area contributed by atoms with E-state index in [0.717, 1.165) is 18.5 Å². The van der Waals surface area contributed by atoms with Gasteiger partial charge in [0, 0.05) is 24.2 Å². The lowest BCUT2D eigenvalue weighted by molar-refractivity contribution is 0.309. The van der Waals surface area contributed by atoms with Gasteiger partial charge in [0.05, 0.1) is 5.52 Å². The molecular weight excluding hydrogens is 239 g/mol. The van der Waals surface area contributed by atoms with E-state index in [9.17, 15) is 4.39 Å². The fourth-order valence-corrected chi connectivity index (χ4v) is 3.26. The molecule has 2 nitrogen and oxygen atoms in total. The van der Waals surface area contributed by atoms with Crippen molar-refractivity contribution in [1.82, 2.24) is 9.47 Å². The highest BCUT2D eigenvalue weighted by Crippen LogP contribution is 2.27. The van der Waals surface area contributed by atoms with Crippen molar-refractivity contribution in [2.75, 3.05) is 13.6 Å². The SMILES string of the molecule is CCn1cc(CC2CCCN2C)c2ccc(F)cc21. The molecule has 3 rings (SSSR count). The summed E-state index contributed by atoms with van der Waals surface area (Å²) in [5.41, 5.74) is 2.38. The molecule has 3 heteroatoms. The van der Waals surface area contributed by atoms with Crippen LogP contribution in [0.3, 0.4) is 0 Å². The summed E-state index contributed by atoms with van der Waals surface area (Å²) in [5, 5.41) is 1.21. The number of fused-ring (bicyclic) bond motifs is 1. The van der Waals surface area contributed by atoms with Crippen LogP contribution in [0.5, 0.6) is 0 Å². The minimum absolute atomic E-state index is 0.148. The number of aromatic nitrogens is 1. The van der Waals surface area contributed by atoms with Crippen molar-refractivity contribution < 1.29 is 4.39 Å². The lowest BCUT2D eigenvalue weighted by atomic mass is 10.0. The van der Waals surface area contributed by atoms with Crippen molar-refractivity contribution >= 4 is 10.9 Å². The highest BCUT2D eigenvalue weighted by atomic mass is 19.1. The molecule has 1 aliphatic heterocycles. The Morgan fingerprint density at radius 3 is 2.89 bits per heavy atom. The van der Waals surface area contributed by atoms with Gasteiger partial charge in [0.15, 0.2) is 0 Å². The maximum absolute atomic E-state index is 13.4. The first-order valence-corrected chi connectivity index (χ1v) is 7.16. The Kier molecular flexibility index (Phi) is 3.31. The third-order valence-corrected chi connectivity index (χ3v) is 4.39. The predicted molar refractivity (Wildman–Crippen MR) is 76.9 cm³/mol. The van der Waals surface area contributed by atoms with Gasteiger partial charge in [0.1, 0.15) is 5.82 Å². The molecule has 2 heterocycles. The van der Waals surface area contributed by atoms with Crippen molar-refractivity contribution in [3.63, 3.8) is 0 Å². The summed E-state index contributed by atoms with van der Waals surface area (Å²) < 4.78 is 15.6. The van der Waals surface area contributed by atoms with Gasteiger partial charge >= 0.3 is 0 Å². The standard InChI is InChI=1S/C16H21FN2/c1-3-19-11-12(9-14-5-4-8-18(14)2)15-7-6-13(17)10-16(15)19/h6-7,10-11,14H,3-5,8-9H2,1-2H3. The van der Waals surface area contributed by atoms with Gasteiger partial charge in [-0.2, -0.15) is 0 Å². The maximum Gasteiger partial charge on any atom is 0.125 e. The monoisotopic (exact) mass is 260 g/mol. The minimum Gasteiger partial charge on any atom is -0.347 e. The number of likely N-dealkylation sites (tertiary alicyclic amines) is 1. The van der Waals surface area contributed by atoms with Crippen LogP contribution in [0.2, 0.25) is 0 Å². The molecule has 0 saturated carbocycles. The van der Waals surface area contributed by atoms with Gasteiger partial charge in [-0.1, -0.05) is 0 Å². The molecule has 0 aliphatic carbocycles. The Bertz CT molecular complexity index is 588. The molecule has 19 heavy (non-hydrogen) atoms. The van der Waals surface area contributed by atoms with Gasteiger partial charge in [-0.05, 0) is 63.5 Å². The normalized spacial score (nSPS) is 20.5. The summed E-state index contributed by atoms with van der Waals surface area (Å²) in [6.45, 7) is 4.20. The molecule has 1 aliphatic rings. The van der Waals surface area contributed by atoms with Crippen LogP contribution in [-0.2, 0) is 13.0 Å². The topological polar surface area (TPSA) is 8.17 Å². The molecule has 1 aromatic heterocycles. The smallest absolute Gasteiger partial charge is 0.125 e. The molecule has 0 N–H and O–H groups in total. The van der Waals surface area contributed by atoms with E-state index in [0.29, 0.717) is 6.04 Å². The van der Waals surface area contributed by atoms with Crippen molar-refractivity contribution in [1.29, 1.82) is 0 Å². The number of hydrogen-bond acceptors (Lipinski definition) is 1. The summed E-state index contributed by atoms with van der Waals surface area (Å²) >= 11 is 0. The summed E-state index contributed by atoms with van der Waals surface area (Å²) in [7, 11) is 2.20. The van der Waals surface area contributed by atoms with Crippen LogP contribution in [0.15, 0.2) is 24.4 Å². The predicted octanol–water partition coefficient (Wildman–Crippen LogP) is 3.44. The minimum atomic E-state index is -0.148. The largest absolute Gasteiger partial charge is 0.347 e. The van der Waals surface area contributed by atoms with E-state index in [4.69, 9.17) is 0 Å². The first kappa shape index (κ1) is 12.7. The number of rotatable bonds is 3. The Hall–Kier alpha value is -1.35. The number of benzene rings is 1. The zero-order chi connectivity index (χ0) is 13.4. The van der Waals surface area contributed by atoms with Crippen LogP contribution in [0.4, 0.5) is 4.39 Å². The summed E-state index contributed by atoms with van der Waals surface area (Å²) in [6, 6.07) is 5.80. The van der Waals surface area contributed by atoms with E-state index in [1.54, 1.807) is 12.1 Å². The Labute approximate surface area is 113 Å². The van der Waals surface area contributed by atoms with Gasteiger partial charge in [-0.25, -0.2) is 4.39 Å². The molecule has 0 spiro atoms. The van der Waals surface area contributed by atoms with E-state index in [1.165, 1.54) is 30.3 Å². The average Bonchev–Trinajstić information content (AvgIpc) is 2.95. The summed E-state index contributed by atoms with van der Waals surface area (Å²) in [4.78, 5) is 2.44.